The van der Waals surface area contributed by atoms with Gasteiger partial charge in [-0.05, 0) is 30.7 Å². The van der Waals surface area contributed by atoms with Gasteiger partial charge in [-0.3, -0.25) is 14.6 Å². The number of carbonyl (C=O) groups excluding carboxylic acids is 1. The largest absolute Gasteiger partial charge is 0.379 e. The molecule has 0 bridgehead atoms. The number of benzene rings is 2. The lowest BCUT2D eigenvalue weighted by molar-refractivity contribution is -0.116. The van der Waals surface area contributed by atoms with Gasteiger partial charge in [0.1, 0.15) is 5.52 Å². The lowest BCUT2D eigenvalue weighted by Crippen LogP contribution is -2.39. The number of thioether (sulfide) groups is 1. The van der Waals surface area contributed by atoms with E-state index in [1.54, 1.807) is 11.8 Å². The third kappa shape index (κ3) is 5.53. The van der Waals surface area contributed by atoms with Gasteiger partial charge in [0, 0.05) is 31.1 Å². The van der Waals surface area contributed by atoms with Gasteiger partial charge in [-0.15, -0.1) is 11.8 Å². The quantitative estimate of drug-likeness (QED) is 0.451. The lowest BCUT2D eigenvalue weighted by Gasteiger charge is -2.27. The molecule has 8 heteroatoms. The molecule has 1 aliphatic rings. The number of anilines is 1. The van der Waals surface area contributed by atoms with Crippen molar-refractivity contribution in [3.63, 3.8) is 0 Å². The maximum absolute atomic E-state index is 13.2. The van der Waals surface area contributed by atoms with Crippen molar-refractivity contribution in [2.24, 2.45) is 0 Å². The Hall–Kier alpha value is -1.64. The van der Waals surface area contributed by atoms with Gasteiger partial charge in [-0.2, -0.15) is 0 Å². The molecule has 0 saturated carbocycles. The minimum Gasteiger partial charge on any atom is -0.379 e. The number of para-hydroxylation sites is 1. The first-order valence-corrected chi connectivity index (χ1v) is 12.2. The third-order valence-electron chi connectivity index (χ3n) is 4.96. The lowest BCUT2D eigenvalue weighted by atomic mass is 10.3. The highest BCUT2D eigenvalue weighted by Gasteiger charge is 2.21. The van der Waals surface area contributed by atoms with Crippen molar-refractivity contribution >= 4 is 56.0 Å². The monoisotopic (exact) mass is 461 g/mol. The average Bonchev–Trinajstić information content (AvgIpc) is 3.22. The fraction of sp³-hybridized carbons (Fsp3) is 0.364. The predicted octanol–water partition coefficient (Wildman–Crippen LogP) is 4.80. The Morgan fingerprint density at radius 1 is 1.17 bits per heavy atom. The van der Waals surface area contributed by atoms with Crippen molar-refractivity contribution in [2.45, 2.75) is 11.3 Å². The first kappa shape index (κ1) is 21.6. The van der Waals surface area contributed by atoms with Gasteiger partial charge in [-0.25, -0.2) is 4.98 Å². The molecular weight excluding hydrogens is 438 g/mol. The van der Waals surface area contributed by atoms with Gasteiger partial charge < -0.3 is 4.74 Å². The predicted molar refractivity (Wildman–Crippen MR) is 126 cm³/mol. The van der Waals surface area contributed by atoms with Crippen LogP contribution in [-0.2, 0) is 9.53 Å². The van der Waals surface area contributed by atoms with Crippen molar-refractivity contribution < 1.29 is 9.53 Å². The average molecular weight is 462 g/mol. The second kappa shape index (κ2) is 10.6. The van der Waals surface area contributed by atoms with E-state index in [9.17, 15) is 4.79 Å². The molecule has 158 valence electrons. The van der Waals surface area contributed by atoms with E-state index in [-0.39, 0.29) is 5.91 Å². The highest BCUT2D eigenvalue weighted by molar-refractivity contribution is 8.00. The number of ether oxygens (including phenoxy) is 1. The van der Waals surface area contributed by atoms with Crippen LogP contribution in [0.3, 0.4) is 0 Å². The normalized spacial score (nSPS) is 14.8. The Bertz CT molecular complexity index is 977. The molecule has 0 aliphatic carbocycles. The van der Waals surface area contributed by atoms with Crippen molar-refractivity contribution in [2.75, 3.05) is 50.0 Å². The third-order valence-corrected chi connectivity index (χ3v) is 7.30. The Morgan fingerprint density at radius 2 is 1.97 bits per heavy atom. The van der Waals surface area contributed by atoms with Gasteiger partial charge >= 0.3 is 0 Å². The second-order valence-electron chi connectivity index (χ2n) is 7.04. The van der Waals surface area contributed by atoms with Crippen molar-refractivity contribution in [1.29, 1.82) is 0 Å². The van der Waals surface area contributed by atoms with Gasteiger partial charge in [0.05, 0.1) is 28.7 Å². The summed E-state index contributed by atoms with van der Waals surface area (Å²) in [5.74, 6) is 0.451. The molecule has 0 atom stereocenters. The molecule has 1 aromatic heterocycles. The van der Waals surface area contributed by atoms with E-state index in [1.807, 2.05) is 53.4 Å². The molecule has 5 nitrogen and oxygen atoms in total. The number of thiazole rings is 1. The summed E-state index contributed by atoms with van der Waals surface area (Å²) >= 11 is 9.40. The highest BCUT2D eigenvalue weighted by atomic mass is 35.5. The number of hydrogen-bond acceptors (Lipinski definition) is 6. The van der Waals surface area contributed by atoms with E-state index in [0.717, 1.165) is 59.5 Å². The van der Waals surface area contributed by atoms with Crippen LogP contribution in [0.25, 0.3) is 10.2 Å². The summed E-state index contributed by atoms with van der Waals surface area (Å²) < 4.78 is 6.42. The summed E-state index contributed by atoms with van der Waals surface area (Å²) in [6.07, 6.45) is 0.894. The SMILES string of the molecule is O=C(CSc1ccccc1)N(CCCN1CCOCC1)c1nc2c(Cl)cccc2s1. The first-order chi connectivity index (χ1) is 14.7. The number of nitrogens with zero attached hydrogens (tertiary/aromatic N) is 3. The van der Waals surface area contributed by atoms with Crippen LogP contribution in [-0.4, -0.2) is 60.9 Å². The molecular formula is C22H24ClN3O2S2. The first-order valence-electron chi connectivity index (χ1n) is 10.0. The molecule has 1 fully saturated rings. The fourth-order valence-electron chi connectivity index (χ4n) is 3.36. The minimum absolute atomic E-state index is 0.0704. The number of hydrogen-bond donors (Lipinski definition) is 0. The van der Waals surface area contributed by atoms with Gasteiger partial charge in [0.2, 0.25) is 5.91 Å². The van der Waals surface area contributed by atoms with Gasteiger partial charge in [0.15, 0.2) is 5.13 Å². The molecule has 2 heterocycles. The molecule has 30 heavy (non-hydrogen) atoms. The Balaban J connectivity index is 1.47. The summed E-state index contributed by atoms with van der Waals surface area (Å²) in [6, 6.07) is 15.8. The van der Waals surface area contributed by atoms with Crippen LogP contribution < -0.4 is 4.90 Å². The van der Waals surface area contributed by atoms with Crippen LogP contribution in [0.15, 0.2) is 53.4 Å². The number of carbonyl (C=O) groups is 1. The zero-order valence-electron chi connectivity index (χ0n) is 16.6. The van der Waals surface area contributed by atoms with Gasteiger partial charge in [-0.1, -0.05) is 47.2 Å². The van der Waals surface area contributed by atoms with E-state index in [0.29, 0.717) is 17.3 Å². The number of rotatable bonds is 8. The summed E-state index contributed by atoms with van der Waals surface area (Å²) in [4.78, 5) is 23.2. The van der Waals surface area contributed by atoms with Crippen LogP contribution >= 0.6 is 34.7 Å². The summed E-state index contributed by atoms with van der Waals surface area (Å²) in [7, 11) is 0. The molecule has 1 amide bonds. The van der Waals surface area contributed by atoms with E-state index >= 15 is 0 Å². The molecule has 1 saturated heterocycles. The number of halogens is 1. The highest BCUT2D eigenvalue weighted by Crippen LogP contribution is 2.33. The summed E-state index contributed by atoms with van der Waals surface area (Å²) in [5, 5.41) is 1.34. The number of fused-ring (bicyclic) bond motifs is 1. The molecule has 0 N–H and O–H groups in total. The zero-order valence-corrected chi connectivity index (χ0v) is 19.0. The molecule has 0 unspecified atom stereocenters. The van der Waals surface area contributed by atoms with Gasteiger partial charge in [0.25, 0.3) is 0 Å². The second-order valence-corrected chi connectivity index (χ2v) is 9.50. The molecule has 1 aliphatic heterocycles. The van der Waals surface area contributed by atoms with Crippen LogP contribution in [0, 0.1) is 0 Å². The molecule has 0 radical (unpaired) electrons. The summed E-state index contributed by atoms with van der Waals surface area (Å²) in [5.41, 5.74) is 0.765. The molecule has 4 rings (SSSR count). The maximum atomic E-state index is 13.2. The van der Waals surface area contributed by atoms with E-state index in [2.05, 4.69) is 4.90 Å². The smallest absolute Gasteiger partial charge is 0.239 e. The Morgan fingerprint density at radius 3 is 2.73 bits per heavy atom. The van der Waals surface area contributed by atoms with Crippen molar-refractivity contribution in [3.8, 4) is 0 Å². The zero-order chi connectivity index (χ0) is 20.8. The number of amides is 1. The minimum atomic E-state index is 0.0704. The topological polar surface area (TPSA) is 45.7 Å². The van der Waals surface area contributed by atoms with E-state index in [1.165, 1.54) is 11.3 Å². The summed E-state index contributed by atoms with van der Waals surface area (Å²) in [6.45, 7) is 5.07. The fourth-order valence-corrected chi connectivity index (χ4v) is 5.47. The van der Waals surface area contributed by atoms with E-state index in [4.69, 9.17) is 21.3 Å². The van der Waals surface area contributed by atoms with Crippen LogP contribution in [0.2, 0.25) is 5.02 Å². The molecule has 2 aromatic carbocycles. The van der Waals surface area contributed by atoms with Crippen LogP contribution in [0.5, 0.6) is 0 Å². The Labute approximate surface area is 190 Å². The van der Waals surface area contributed by atoms with Crippen molar-refractivity contribution in [3.05, 3.63) is 53.6 Å². The van der Waals surface area contributed by atoms with E-state index < -0.39 is 0 Å². The standard InChI is InChI=1S/C22H24ClN3O2S2/c23-18-8-4-9-19-21(18)24-22(30-19)26(11-5-10-25-12-14-28-15-13-25)20(27)16-29-17-6-2-1-3-7-17/h1-4,6-9H,5,10-16H2. The maximum Gasteiger partial charge on any atom is 0.239 e. The molecule has 0 spiro atoms. The Kier molecular flexibility index (Phi) is 7.62. The molecule has 3 aromatic rings. The number of morpholine rings is 1. The van der Waals surface area contributed by atoms with Crippen LogP contribution in [0.4, 0.5) is 5.13 Å². The van der Waals surface area contributed by atoms with Crippen LogP contribution in [0.1, 0.15) is 6.42 Å². The van der Waals surface area contributed by atoms with Crippen molar-refractivity contribution in [1.82, 2.24) is 9.88 Å². The number of aromatic nitrogens is 1.